The van der Waals surface area contributed by atoms with Crippen molar-refractivity contribution in [3.8, 4) is 0 Å². The Labute approximate surface area is 136 Å². The normalized spacial score (nSPS) is 20.2. The average Bonchev–Trinajstić information content (AvgIpc) is 2.69. The van der Waals surface area contributed by atoms with Gasteiger partial charge in [-0.05, 0) is 29.2 Å². The van der Waals surface area contributed by atoms with Crippen LogP contribution in [0.25, 0.3) is 0 Å². The zero-order valence-electron chi connectivity index (χ0n) is 13.0. The molecule has 2 aliphatic rings. The summed E-state index contributed by atoms with van der Waals surface area (Å²) in [5, 5.41) is 9.12. The van der Waals surface area contributed by atoms with Crippen LogP contribution >= 0.6 is 0 Å². The molecule has 0 bridgehead atoms. The first-order chi connectivity index (χ1) is 11.2. The van der Waals surface area contributed by atoms with E-state index >= 15 is 0 Å². The largest absolute Gasteiger partial charge is 0.480 e. The molecule has 1 fully saturated rings. The summed E-state index contributed by atoms with van der Waals surface area (Å²) < 4.78 is 0. The number of carbonyl (C=O) groups is 1. The molecular weight excluding hydrogens is 288 g/mol. The molecule has 2 aliphatic heterocycles. The van der Waals surface area contributed by atoms with Crippen LogP contribution in [0.3, 0.4) is 0 Å². The monoisotopic (exact) mass is 308 g/mol. The molecule has 23 heavy (non-hydrogen) atoms. The van der Waals surface area contributed by atoms with Gasteiger partial charge >= 0.3 is 5.97 Å². The van der Waals surface area contributed by atoms with Crippen molar-refractivity contribution < 1.29 is 9.90 Å². The molecule has 1 unspecified atom stereocenters. The summed E-state index contributed by atoms with van der Waals surface area (Å²) in [6.45, 7) is 2.54. The van der Waals surface area contributed by atoms with Crippen molar-refractivity contribution in [1.82, 2.24) is 4.90 Å². The predicted octanol–water partition coefficient (Wildman–Crippen LogP) is 2.54. The Bertz CT molecular complexity index is 744. The SMILES string of the molecule is O=C(O)CN1CCN2c3ccccc3Cc3ccccc3C2C1. The van der Waals surface area contributed by atoms with Crippen molar-refractivity contribution in [2.45, 2.75) is 12.5 Å². The lowest BCUT2D eigenvalue weighted by Crippen LogP contribution is -2.49. The van der Waals surface area contributed by atoms with Crippen LogP contribution < -0.4 is 4.90 Å². The number of carboxylic acids is 1. The number of rotatable bonds is 2. The van der Waals surface area contributed by atoms with E-state index < -0.39 is 5.97 Å². The molecule has 0 spiro atoms. The van der Waals surface area contributed by atoms with Crippen LogP contribution in [0.1, 0.15) is 22.7 Å². The zero-order valence-corrected chi connectivity index (χ0v) is 13.0. The molecule has 0 aromatic heterocycles. The number of anilines is 1. The van der Waals surface area contributed by atoms with Crippen molar-refractivity contribution in [2.75, 3.05) is 31.1 Å². The van der Waals surface area contributed by atoms with E-state index in [1.165, 1.54) is 22.4 Å². The molecule has 4 rings (SSSR count). The van der Waals surface area contributed by atoms with E-state index in [1.807, 2.05) is 4.90 Å². The van der Waals surface area contributed by atoms with Gasteiger partial charge in [0.05, 0.1) is 12.6 Å². The van der Waals surface area contributed by atoms with Gasteiger partial charge in [-0.3, -0.25) is 9.69 Å². The summed E-state index contributed by atoms with van der Waals surface area (Å²) in [6, 6.07) is 17.4. The Balaban J connectivity index is 1.77. The predicted molar refractivity (Wildman–Crippen MR) is 89.9 cm³/mol. The molecule has 0 aliphatic carbocycles. The molecule has 2 aromatic carbocycles. The van der Waals surface area contributed by atoms with Crippen LogP contribution in [0.5, 0.6) is 0 Å². The Kier molecular flexibility index (Phi) is 3.54. The topological polar surface area (TPSA) is 43.8 Å². The molecule has 4 heteroatoms. The van der Waals surface area contributed by atoms with E-state index in [2.05, 4.69) is 53.4 Å². The number of benzene rings is 2. The van der Waals surface area contributed by atoms with Gasteiger partial charge < -0.3 is 10.0 Å². The number of aliphatic carboxylic acids is 1. The first kappa shape index (κ1) is 14.3. The van der Waals surface area contributed by atoms with Crippen LogP contribution in [-0.2, 0) is 11.2 Å². The molecule has 2 heterocycles. The second-order valence-electron chi connectivity index (χ2n) is 6.34. The second kappa shape index (κ2) is 5.70. The van der Waals surface area contributed by atoms with Gasteiger partial charge in [0.15, 0.2) is 0 Å². The Morgan fingerprint density at radius 1 is 1.04 bits per heavy atom. The number of piperazine rings is 1. The lowest BCUT2D eigenvalue weighted by atomic mass is 9.96. The van der Waals surface area contributed by atoms with Gasteiger partial charge in [0.25, 0.3) is 0 Å². The minimum absolute atomic E-state index is 0.119. The highest BCUT2D eigenvalue weighted by molar-refractivity contribution is 5.69. The number of nitrogens with zero attached hydrogens (tertiary/aromatic N) is 2. The van der Waals surface area contributed by atoms with Gasteiger partial charge in [-0.25, -0.2) is 0 Å². The molecule has 1 atom stereocenters. The molecule has 1 N–H and O–H groups in total. The average molecular weight is 308 g/mol. The van der Waals surface area contributed by atoms with Gasteiger partial charge in [0.1, 0.15) is 0 Å². The van der Waals surface area contributed by atoms with Crippen LogP contribution in [0.4, 0.5) is 5.69 Å². The third kappa shape index (κ3) is 2.59. The smallest absolute Gasteiger partial charge is 0.317 e. The van der Waals surface area contributed by atoms with Crippen LogP contribution in [0, 0.1) is 0 Å². The number of carboxylic acid groups (broad SMARTS) is 1. The molecular formula is C19H20N2O2. The molecule has 0 amide bonds. The summed E-state index contributed by atoms with van der Waals surface area (Å²) in [7, 11) is 0. The van der Waals surface area contributed by atoms with Crippen molar-refractivity contribution in [3.63, 3.8) is 0 Å². The first-order valence-corrected chi connectivity index (χ1v) is 8.09. The minimum Gasteiger partial charge on any atom is -0.480 e. The van der Waals surface area contributed by atoms with Gasteiger partial charge in [0.2, 0.25) is 0 Å². The fourth-order valence-corrected chi connectivity index (χ4v) is 3.89. The third-order valence-electron chi connectivity index (χ3n) is 4.92. The Morgan fingerprint density at radius 2 is 1.78 bits per heavy atom. The third-order valence-corrected chi connectivity index (χ3v) is 4.92. The van der Waals surface area contributed by atoms with E-state index in [4.69, 9.17) is 5.11 Å². The van der Waals surface area contributed by atoms with E-state index in [9.17, 15) is 4.79 Å². The van der Waals surface area contributed by atoms with Gasteiger partial charge in [-0.15, -0.1) is 0 Å². The van der Waals surface area contributed by atoms with E-state index in [-0.39, 0.29) is 12.6 Å². The summed E-state index contributed by atoms with van der Waals surface area (Å²) in [5.41, 5.74) is 5.33. The molecule has 4 nitrogen and oxygen atoms in total. The Morgan fingerprint density at radius 3 is 2.61 bits per heavy atom. The zero-order chi connectivity index (χ0) is 15.8. The Hall–Kier alpha value is -2.33. The van der Waals surface area contributed by atoms with Crippen molar-refractivity contribution in [1.29, 1.82) is 0 Å². The van der Waals surface area contributed by atoms with Crippen molar-refractivity contribution in [2.24, 2.45) is 0 Å². The maximum Gasteiger partial charge on any atom is 0.317 e. The fourth-order valence-electron chi connectivity index (χ4n) is 3.89. The van der Waals surface area contributed by atoms with E-state index in [0.717, 1.165) is 26.1 Å². The number of fused-ring (bicyclic) bond motifs is 5. The lowest BCUT2D eigenvalue weighted by molar-refractivity contribution is -0.138. The number of para-hydroxylation sites is 1. The first-order valence-electron chi connectivity index (χ1n) is 8.09. The fraction of sp³-hybridized carbons (Fsp3) is 0.316. The minimum atomic E-state index is -0.749. The highest BCUT2D eigenvalue weighted by atomic mass is 16.4. The highest BCUT2D eigenvalue weighted by Gasteiger charge is 2.33. The summed E-state index contributed by atoms with van der Waals surface area (Å²) >= 11 is 0. The van der Waals surface area contributed by atoms with Crippen LogP contribution in [-0.4, -0.2) is 42.2 Å². The maximum atomic E-state index is 11.1. The number of hydrogen-bond donors (Lipinski definition) is 1. The summed E-state index contributed by atoms with van der Waals surface area (Å²) in [6.07, 6.45) is 0.943. The van der Waals surface area contributed by atoms with Gasteiger partial charge in [-0.1, -0.05) is 42.5 Å². The van der Waals surface area contributed by atoms with E-state index in [0.29, 0.717) is 0 Å². The van der Waals surface area contributed by atoms with E-state index in [1.54, 1.807) is 0 Å². The second-order valence-corrected chi connectivity index (χ2v) is 6.34. The number of hydrogen-bond acceptors (Lipinski definition) is 3. The summed E-state index contributed by atoms with van der Waals surface area (Å²) in [4.78, 5) is 15.6. The highest BCUT2D eigenvalue weighted by Crippen LogP contribution is 2.38. The van der Waals surface area contributed by atoms with Gasteiger partial charge in [0, 0.05) is 25.3 Å². The van der Waals surface area contributed by atoms with Crippen molar-refractivity contribution in [3.05, 3.63) is 65.2 Å². The molecule has 2 aromatic rings. The molecule has 0 radical (unpaired) electrons. The molecule has 0 saturated carbocycles. The molecule has 1 saturated heterocycles. The van der Waals surface area contributed by atoms with Crippen LogP contribution in [0.15, 0.2) is 48.5 Å². The standard InChI is InChI=1S/C19H20N2O2/c22-19(23)13-20-9-10-21-17-8-4-2-6-15(17)11-14-5-1-3-7-16(14)18(21)12-20/h1-8,18H,9-13H2,(H,22,23). The van der Waals surface area contributed by atoms with Gasteiger partial charge in [-0.2, -0.15) is 0 Å². The molecule has 118 valence electrons. The lowest BCUT2D eigenvalue weighted by Gasteiger charge is -2.42. The van der Waals surface area contributed by atoms with Crippen molar-refractivity contribution >= 4 is 11.7 Å². The maximum absolute atomic E-state index is 11.1. The quantitative estimate of drug-likeness (QED) is 0.926. The summed E-state index contributed by atoms with van der Waals surface area (Å²) in [5.74, 6) is -0.749. The van der Waals surface area contributed by atoms with Crippen LogP contribution in [0.2, 0.25) is 0 Å².